The van der Waals surface area contributed by atoms with Crippen LogP contribution in [0.3, 0.4) is 0 Å². The largest absolute Gasteiger partial charge is 0.387 e. The number of rotatable bonds is 8. The first-order chi connectivity index (χ1) is 9.81. The summed E-state index contributed by atoms with van der Waals surface area (Å²) in [6.45, 7) is 5.67. The van der Waals surface area contributed by atoms with Crippen molar-refractivity contribution in [3.8, 4) is 0 Å². The maximum atomic E-state index is 12.3. The van der Waals surface area contributed by atoms with Gasteiger partial charge >= 0.3 is 0 Å². The zero-order chi connectivity index (χ0) is 16.0. The van der Waals surface area contributed by atoms with Crippen molar-refractivity contribution >= 4 is 33.0 Å². The monoisotopic (exact) mass is 351 g/mol. The lowest BCUT2D eigenvalue weighted by molar-refractivity contribution is 0.152. The van der Waals surface area contributed by atoms with Gasteiger partial charge in [0.15, 0.2) is 0 Å². The van der Waals surface area contributed by atoms with E-state index in [1.807, 2.05) is 13.8 Å². The molecule has 0 saturated carbocycles. The Morgan fingerprint density at radius 3 is 2.71 bits per heavy atom. The third-order valence-corrected chi connectivity index (χ3v) is 6.62. The molecule has 0 spiro atoms. The fourth-order valence-electron chi connectivity index (χ4n) is 1.87. The molecule has 0 bridgehead atoms. The van der Waals surface area contributed by atoms with Gasteiger partial charge in [-0.15, -0.1) is 22.9 Å². The Bertz CT molecular complexity index is 555. The van der Waals surface area contributed by atoms with Crippen molar-refractivity contribution in [2.24, 2.45) is 5.92 Å². The summed E-state index contributed by atoms with van der Waals surface area (Å²) in [7, 11) is -3.61. The van der Waals surface area contributed by atoms with Crippen LogP contribution in [-0.2, 0) is 10.0 Å². The van der Waals surface area contributed by atoms with Gasteiger partial charge in [0.1, 0.15) is 4.21 Å². The summed E-state index contributed by atoms with van der Waals surface area (Å²) in [6.07, 6.45) is 1.46. The van der Waals surface area contributed by atoms with Gasteiger partial charge < -0.3 is 5.11 Å². The van der Waals surface area contributed by atoms with Crippen LogP contribution in [0.4, 0.5) is 0 Å². The molecule has 2 N–H and O–H groups in total. The third-order valence-electron chi connectivity index (χ3n) is 3.34. The lowest BCUT2D eigenvalue weighted by Crippen LogP contribution is -2.46. The number of hydrogen-bond donors (Lipinski definition) is 2. The molecule has 0 aliphatic rings. The topological polar surface area (TPSA) is 66.4 Å². The highest BCUT2D eigenvalue weighted by molar-refractivity contribution is 7.91. The molecular weight excluding hydrogens is 330 g/mol. The molecule has 0 aliphatic heterocycles. The van der Waals surface area contributed by atoms with E-state index in [1.54, 1.807) is 30.5 Å². The lowest BCUT2D eigenvalue weighted by atomic mass is 9.94. The third kappa shape index (κ3) is 5.38. The van der Waals surface area contributed by atoms with Gasteiger partial charge in [0.2, 0.25) is 10.0 Å². The molecule has 120 valence electrons. The van der Waals surface area contributed by atoms with Crippen LogP contribution in [0.5, 0.6) is 0 Å². The average Bonchev–Trinajstić information content (AvgIpc) is 2.98. The smallest absolute Gasteiger partial charge is 0.250 e. The summed E-state index contributed by atoms with van der Waals surface area (Å²) in [5.74, 6) is 0.302. The quantitative estimate of drug-likeness (QED) is 0.559. The van der Waals surface area contributed by atoms with E-state index >= 15 is 0 Å². The number of halogens is 1. The highest BCUT2D eigenvalue weighted by atomic mass is 35.5. The second-order valence-electron chi connectivity index (χ2n) is 5.10. The van der Waals surface area contributed by atoms with Crippen LogP contribution in [0, 0.1) is 5.92 Å². The Morgan fingerprint density at radius 1 is 1.57 bits per heavy atom. The summed E-state index contributed by atoms with van der Waals surface area (Å²) >= 11 is 6.86. The molecule has 4 nitrogen and oxygen atoms in total. The molecule has 1 rings (SSSR count). The highest BCUT2D eigenvalue weighted by Gasteiger charge is 2.29. The molecule has 21 heavy (non-hydrogen) atoms. The molecule has 0 aromatic carbocycles. The van der Waals surface area contributed by atoms with Crippen molar-refractivity contribution in [1.29, 1.82) is 0 Å². The van der Waals surface area contributed by atoms with Crippen molar-refractivity contribution in [3.63, 3.8) is 0 Å². The number of allylic oxidation sites excluding steroid dienone is 1. The van der Waals surface area contributed by atoms with Crippen LogP contribution < -0.4 is 4.72 Å². The predicted molar refractivity (Wildman–Crippen MR) is 88.4 cm³/mol. The van der Waals surface area contributed by atoms with E-state index in [9.17, 15) is 13.5 Å². The van der Waals surface area contributed by atoms with Gasteiger partial charge in [0, 0.05) is 5.88 Å². The van der Waals surface area contributed by atoms with Crippen LogP contribution in [0.1, 0.15) is 27.2 Å². The fourth-order valence-corrected chi connectivity index (χ4v) is 4.33. The van der Waals surface area contributed by atoms with E-state index in [0.717, 1.165) is 23.3 Å². The van der Waals surface area contributed by atoms with Crippen LogP contribution in [-0.4, -0.2) is 31.6 Å². The molecule has 7 heteroatoms. The van der Waals surface area contributed by atoms with Gasteiger partial charge in [-0.3, -0.25) is 0 Å². The van der Waals surface area contributed by atoms with E-state index < -0.39 is 22.2 Å². The highest BCUT2D eigenvalue weighted by Crippen LogP contribution is 2.20. The van der Waals surface area contributed by atoms with Crippen LogP contribution in [0.15, 0.2) is 33.4 Å². The number of aliphatic hydroxyl groups is 1. The molecule has 3 atom stereocenters. The second kappa shape index (κ2) is 8.29. The molecule has 0 radical (unpaired) electrons. The van der Waals surface area contributed by atoms with Gasteiger partial charge in [0.25, 0.3) is 0 Å². The first-order valence-corrected chi connectivity index (χ1v) is 9.68. The molecule has 1 heterocycles. The zero-order valence-electron chi connectivity index (χ0n) is 12.4. The first kappa shape index (κ1) is 18.6. The van der Waals surface area contributed by atoms with Crippen molar-refractivity contribution in [1.82, 2.24) is 4.72 Å². The Labute approximate surface area is 135 Å². The summed E-state index contributed by atoms with van der Waals surface area (Å²) < 4.78 is 27.5. The van der Waals surface area contributed by atoms with E-state index in [4.69, 9.17) is 11.6 Å². The fraction of sp³-hybridized carbons (Fsp3) is 0.571. The van der Waals surface area contributed by atoms with Crippen molar-refractivity contribution < 1.29 is 13.5 Å². The molecule has 0 fully saturated rings. The summed E-state index contributed by atoms with van der Waals surface area (Å²) in [5.41, 5.74) is 0.813. The Kier molecular flexibility index (Phi) is 7.36. The van der Waals surface area contributed by atoms with E-state index in [-0.39, 0.29) is 10.1 Å². The summed E-state index contributed by atoms with van der Waals surface area (Å²) in [6, 6.07) is 2.65. The maximum absolute atomic E-state index is 12.3. The predicted octanol–water partition coefficient (Wildman–Crippen LogP) is 2.99. The normalized spacial score (nSPS) is 17.5. The van der Waals surface area contributed by atoms with Crippen LogP contribution in [0.2, 0.25) is 0 Å². The van der Waals surface area contributed by atoms with Crippen LogP contribution in [0.25, 0.3) is 0 Å². The summed E-state index contributed by atoms with van der Waals surface area (Å²) in [4.78, 5) is 0. The van der Waals surface area contributed by atoms with Gasteiger partial charge in [-0.1, -0.05) is 38.0 Å². The van der Waals surface area contributed by atoms with Gasteiger partial charge in [-0.25, -0.2) is 13.1 Å². The SMILES string of the molecule is CC[C@H](C)[C@H](NS(=O)(=O)c1cccs1)[C@@H](O)/C=C(\C)CCl. The molecule has 1 aromatic rings. The molecule has 1 aromatic heterocycles. The minimum atomic E-state index is -3.61. The van der Waals surface area contributed by atoms with Crippen molar-refractivity contribution in [2.45, 2.75) is 43.5 Å². The number of thiophene rings is 1. The number of aliphatic hydroxyl groups excluding tert-OH is 1. The Morgan fingerprint density at radius 2 is 2.24 bits per heavy atom. The maximum Gasteiger partial charge on any atom is 0.250 e. The molecule has 0 unspecified atom stereocenters. The minimum Gasteiger partial charge on any atom is -0.387 e. The lowest BCUT2D eigenvalue weighted by Gasteiger charge is -2.27. The molecular formula is C14H22ClNO3S2. The van der Waals surface area contributed by atoms with Gasteiger partial charge in [-0.2, -0.15) is 0 Å². The molecule has 0 amide bonds. The average molecular weight is 352 g/mol. The minimum absolute atomic E-state index is 0.00545. The van der Waals surface area contributed by atoms with E-state index in [0.29, 0.717) is 5.88 Å². The van der Waals surface area contributed by atoms with Crippen molar-refractivity contribution in [3.05, 3.63) is 29.2 Å². The second-order valence-corrected chi connectivity index (χ2v) is 8.26. The Balaban J connectivity index is 2.99. The van der Waals surface area contributed by atoms with Crippen LogP contribution >= 0.6 is 22.9 Å². The molecule has 0 aliphatic carbocycles. The number of sulfonamides is 1. The number of nitrogens with one attached hydrogen (secondary N) is 1. The number of alkyl halides is 1. The molecule has 0 saturated heterocycles. The first-order valence-electron chi connectivity index (χ1n) is 6.79. The zero-order valence-corrected chi connectivity index (χ0v) is 14.8. The van der Waals surface area contributed by atoms with Gasteiger partial charge in [0.05, 0.1) is 12.1 Å². The van der Waals surface area contributed by atoms with E-state index in [2.05, 4.69) is 4.72 Å². The number of hydrogen-bond acceptors (Lipinski definition) is 4. The van der Waals surface area contributed by atoms with E-state index in [1.165, 1.54) is 0 Å². The summed E-state index contributed by atoms with van der Waals surface area (Å²) in [5, 5.41) is 12.0. The van der Waals surface area contributed by atoms with Crippen molar-refractivity contribution in [2.75, 3.05) is 5.88 Å². The van der Waals surface area contributed by atoms with Gasteiger partial charge in [-0.05, 0) is 24.3 Å². The standard InChI is InChI=1S/C14H22ClNO3S2/c1-4-11(3)14(12(17)8-10(2)9-15)16-21(18,19)13-6-5-7-20-13/h5-8,11-12,14,16-17H,4,9H2,1-3H3/b10-8+/t11-,12-,14-/m0/s1. The Hall–Kier alpha value is -0.400.